The number of unbranched alkanes of at least 4 members (excludes halogenated alkanes) is 2. The van der Waals surface area contributed by atoms with Gasteiger partial charge in [0.1, 0.15) is 13.2 Å². The van der Waals surface area contributed by atoms with Gasteiger partial charge in [0.25, 0.3) is 10.1 Å². The third kappa shape index (κ3) is 10.3. The number of hydrogen-bond donors (Lipinski definition) is 2. The van der Waals surface area contributed by atoms with Gasteiger partial charge in [-0.15, -0.1) is 0 Å². The van der Waals surface area contributed by atoms with Crippen molar-refractivity contribution in [1.29, 1.82) is 0 Å². The first-order chi connectivity index (χ1) is 27.2. The maximum Gasteiger partial charge on any atom is 0.338 e. The Labute approximate surface area is 338 Å². The number of benzene rings is 3. The number of allylic oxidation sites excluding steroid dienone is 6. The Kier molecular flexibility index (Phi) is 14.3. The lowest BCUT2D eigenvalue weighted by atomic mass is 9.81. The summed E-state index contributed by atoms with van der Waals surface area (Å²) < 4.78 is 47.1. The molecule has 0 aromatic heterocycles. The standard InChI is InChI=1S/C46H55N3O7S/c1-7-34-22-24-35(25-23-34)44(51)56-32-31-55-30-28-47-43(50)21-13-10-16-29-49-40-27-26-36(57(52,53)54)33-38(40)46(5,6)42(49)20-12-9-11-19-41-45(3,4)37-17-14-15-18-39(37)48(41)8-2/h7,9,11-12,14-15,17-20,22-27,33H,1,8,10,13,16,21,28-32H2,2-6H3,(H-,47,50,52,53,54)/p+1. The van der Waals surface area contributed by atoms with Crippen molar-refractivity contribution in [2.24, 2.45) is 0 Å². The van der Waals surface area contributed by atoms with E-state index in [4.69, 9.17) is 9.47 Å². The van der Waals surface area contributed by atoms with Gasteiger partial charge in [0.2, 0.25) is 11.6 Å². The van der Waals surface area contributed by atoms with Crippen LogP contribution >= 0.6 is 0 Å². The fourth-order valence-corrected chi connectivity index (χ4v) is 8.12. The molecule has 0 saturated heterocycles. The summed E-state index contributed by atoms with van der Waals surface area (Å²) in [6.45, 7) is 17.1. The van der Waals surface area contributed by atoms with Crippen LogP contribution in [0, 0.1) is 0 Å². The average Bonchev–Trinajstić information content (AvgIpc) is 3.54. The van der Waals surface area contributed by atoms with Gasteiger partial charge in [-0.3, -0.25) is 9.35 Å². The van der Waals surface area contributed by atoms with E-state index in [0.29, 0.717) is 38.1 Å². The van der Waals surface area contributed by atoms with Crippen LogP contribution in [0.5, 0.6) is 0 Å². The molecular weight excluding hydrogens is 739 g/mol. The predicted molar refractivity (Wildman–Crippen MR) is 227 cm³/mol. The van der Waals surface area contributed by atoms with E-state index in [1.807, 2.05) is 12.2 Å². The SMILES string of the molecule is C=Cc1ccc(C(=O)OCCOCCNC(=O)CCCCCN2/C(=C/C=C/C=C/C3=[N+](CC)c4ccccc4C3(C)C)C(C)(C)c3cc(S(=O)(=O)O)ccc32)cc1. The smallest absolute Gasteiger partial charge is 0.338 e. The topological polar surface area (TPSA) is 125 Å². The second-order valence-electron chi connectivity index (χ2n) is 15.2. The minimum atomic E-state index is -4.37. The third-order valence-corrected chi connectivity index (χ3v) is 11.6. The number of amides is 1. The van der Waals surface area contributed by atoms with Gasteiger partial charge in [-0.2, -0.15) is 13.0 Å². The summed E-state index contributed by atoms with van der Waals surface area (Å²) >= 11 is 0. The number of para-hydroxylation sites is 1. The average molecular weight is 795 g/mol. The first kappa shape index (κ1) is 43.0. The van der Waals surface area contributed by atoms with Gasteiger partial charge in [0.15, 0.2) is 5.71 Å². The maximum atomic E-state index is 12.5. The van der Waals surface area contributed by atoms with E-state index in [1.54, 1.807) is 42.5 Å². The van der Waals surface area contributed by atoms with Gasteiger partial charge in [0, 0.05) is 54.0 Å². The Morgan fingerprint density at radius 1 is 0.895 bits per heavy atom. The Hall–Kier alpha value is -5.10. The molecule has 10 nitrogen and oxygen atoms in total. The molecule has 1 amide bonds. The molecule has 0 bridgehead atoms. The van der Waals surface area contributed by atoms with Crippen LogP contribution in [0.3, 0.4) is 0 Å². The third-order valence-electron chi connectivity index (χ3n) is 10.7. The van der Waals surface area contributed by atoms with E-state index in [0.717, 1.165) is 41.9 Å². The molecule has 302 valence electrons. The number of carbonyl (C=O) groups excluding carboxylic acids is 2. The molecular formula is C46H56N3O7S+. The van der Waals surface area contributed by atoms with Crippen LogP contribution in [-0.2, 0) is 35.2 Å². The normalized spacial score (nSPS) is 16.4. The van der Waals surface area contributed by atoms with Gasteiger partial charge < -0.3 is 19.7 Å². The highest BCUT2D eigenvalue weighted by atomic mass is 32.2. The lowest BCUT2D eigenvalue weighted by molar-refractivity contribution is -0.433. The maximum absolute atomic E-state index is 12.5. The number of esters is 1. The van der Waals surface area contributed by atoms with E-state index < -0.39 is 21.5 Å². The van der Waals surface area contributed by atoms with Crippen molar-refractivity contribution in [3.63, 3.8) is 0 Å². The van der Waals surface area contributed by atoms with Gasteiger partial charge in [-0.1, -0.05) is 81.5 Å². The first-order valence-electron chi connectivity index (χ1n) is 19.6. The van der Waals surface area contributed by atoms with Crippen LogP contribution in [0.2, 0.25) is 0 Å². The monoisotopic (exact) mass is 794 g/mol. The number of nitrogens with one attached hydrogen (secondary N) is 1. The van der Waals surface area contributed by atoms with E-state index >= 15 is 0 Å². The summed E-state index contributed by atoms with van der Waals surface area (Å²) in [4.78, 5) is 26.7. The Morgan fingerprint density at radius 3 is 2.37 bits per heavy atom. The number of carbonyl (C=O) groups is 2. The van der Waals surface area contributed by atoms with Crippen LogP contribution in [-0.4, -0.2) is 74.6 Å². The number of fused-ring (bicyclic) bond motifs is 2. The number of rotatable bonds is 19. The summed E-state index contributed by atoms with van der Waals surface area (Å²) in [6.07, 6.45) is 14.8. The minimum Gasteiger partial charge on any atom is -0.460 e. The quantitative estimate of drug-likeness (QED) is 0.0408. The molecule has 0 fully saturated rings. The minimum absolute atomic E-state index is 0.0535. The molecule has 5 rings (SSSR count). The molecule has 2 heterocycles. The van der Waals surface area contributed by atoms with Crippen LogP contribution in [0.1, 0.15) is 87.4 Å². The fourth-order valence-electron chi connectivity index (χ4n) is 7.61. The van der Waals surface area contributed by atoms with Crippen LogP contribution in [0.25, 0.3) is 6.08 Å². The summed E-state index contributed by atoms with van der Waals surface area (Å²) in [7, 11) is -4.37. The second kappa shape index (κ2) is 18.9. The van der Waals surface area contributed by atoms with Crippen LogP contribution < -0.4 is 10.2 Å². The number of hydrogen-bond acceptors (Lipinski definition) is 7. The molecule has 2 aliphatic rings. The van der Waals surface area contributed by atoms with Crippen molar-refractivity contribution in [3.8, 4) is 0 Å². The van der Waals surface area contributed by atoms with Crippen molar-refractivity contribution in [2.45, 2.75) is 76.0 Å². The predicted octanol–water partition coefficient (Wildman–Crippen LogP) is 8.32. The van der Waals surface area contributed by atoms with Gasteiger partial charge in [-0.05, 0) is 81.1 Å². The highest BCUT2D eigenvalue weighted by Crippen LogP contribution is 2.48. The Morgan fingerprint density at radius 2 is 1.65 bits per heavy atom. The molecule has 57 heavy (non-hydrogen) atoms. The molecule has 2 N–H and O–H groups in total. The number of nitrogens with zero attached hydrogens (tertiary/aromatic N) is 2. The lowest BCUT2D eigenvalue weighted by Gasteiger charge is -2.27. The second-order valence-corrected chi connectivity index (χ2v) is 16.7. The molecule has 0 radical (unpaired) electrons. The molecule has 0 atom stereocenters. The Balaban J connectivity index is 1.12. The largest absolute Gasteiger partial charge is 0.460 e. The van der Waals surface area contributed by atoms with E-state index in [2.05, 4.69) is 98.5 Å². The van der Waals surface area contributed by atoms with Crippen molar-refractivity contribution in [2.75, 3.05) is 44.4 Å². The zero-order valence-corrected chi connectivity index (χ0v) is 34.6. The molecule has 0 unspecified atom stereocenters. The summed E-state index contributed by atoms with van der Waals surface area (Å²) in [5.74, 6) is -0.473. The molecule has 0 spiro atoms. The molecule has 0 aliphatic carbocycles. The van der Waals surface area contributed by atoms with Crippen molar-refractivity contribution >= 4 is 45.2 Å². The van der Waals surface area contributed by atoms with Crippen LogP contribution in [0.4, 0.5) is 11.4 Å². The molecule has 2 aliphatic heterocycles. The van der Waals surface area contributed by atoms with Gasteiger partial charge in [-0.25, -0.2) is 4.79 Å². The zero-order valence-electron chi connectivity index (χ0n) is 33.8. The number of ether oxygens (including phenoxy) is 2. The van der Waals surface area contributed by atoms with E-state index in [9.17, 15) is 22.6 Å². The van der Waals surface area contributed by atoms with Gasteiger partial charge in [0.05, 0.1) is 29.1 Å². The summed E-state index contributed by atoms with van der Waals surface area (Å²) in [5, 5.41) is 2.88. The zero-order chi connectivity index (χ0) is 41.2. The summed E-state index contributed by atoms with van der Waals surface area (Å²) in [6, 6.07) is 20.3. The summed E-state index contributed by atoms with van der Waals surface area (Å²) in [5.41, 5.74) is 7.26. The highest BCUT2D eigenvalue weighted by Gasteiger charge is 2.43. The molecule has 3 aromatic carbocycles. The van der Waals surface area contributed by atoms with Crippen molar-refractivity contribution in [1.82, 2.24) is 5.32 Å². The molecule has 0 saturated carbocycles. The van der Waals surface area contributed by atoms with Gasteiger partial charge >= 0.3 is 5.97 Å². The van der Waals surface area contributed by atoms with Crippen LogP contribution in [0.15, 0.2) is 114 Å². The fraction of sp³-hybridized carbons (Fsp3) is 0.370. The first-order valence-corrected chi connectivity index (χ1v) is 21.1. The Bertz CT molecular complexity index is 2180. The van der Waals surface area contributed by atoms with Crippen molar-refractivity contribution < 1.29 is 36.6 Å². The molecule has 3 aromatic rings. The van der Waals surface area contributed by atoms with E-state index in [-0.39, 0.29) is 29.4 Å². The molecule has 11 heteroatoms. The lowest BCUT2D eigenvalue weighted by Crippen LogP contribution is -2.28. The van der Waals surface area contributed by atoms with E-state index in [1.165, 1.54) is 23.0 Å². The highest BCUT2D eigenvalue weighted by molar-refractivity contribution is 7.85. The van der Waals surface area contributed by atoms with Crippen molar-refractivity contribution in [3.05, 3.63) is 132 Å². The number of anilines is 1.